The van der Waals surface area contributed by atoms with E-state index in [0.717, 1.165) is 9.80 Å². The zero-order chi connectivity index (χ0) is 70.7. The second-order valence-corrected chi connectivity index (χ2v) is 27.5. The summed E-state index contributed by atoms with van der Waals surface area (Å²) in [4.78, 5) is 174. The number of aliphatic hydroxyl groups is 1. The molecule has 2 aliphatic heterocycles. The van der Waals surface area contributed by atoms with E-state index in [2.05, 4.69) is 21.3 Å². The number of likely N-dealkylation sites (N-methyl/N-ethyl adjacent to an activating group) is 7. The maximum absolute atomic E-state index is 15.3. The Labute approximate surface area is 549 Å². The van der Waals surface area contributed by atoms with E-state index in [-0.39, 0.29) is 50.0 Å². The second-order valence-electron chi connectivity index (χ2n) is 27.5. The van der Waals surface area contributed by atoms with Gasteiger partial charge < -0.3 is 70.1 Å². The van der Waals surface area contributed by atoms with Crippen molar-refractivity contribution in [3.05, 3.63) is 12.2 Å². The van der Waals surface area contributed by atoms with Crippen LogP contribution in [0.4, 0.5) is 0 Å². The van der Waals surface area contributed by atoms with E-state index in [4.69, 9.17) is 9.47 Å². The fourth-order valence-electron chi connectivity index (χ4n) is 11.9. The molecule has 2 saturated heterocycles. The molecule has 5 N–H and O–H groups in total. The summed E-state index contributed by atoms with van der Waals surface area (Å²) in [6.07, 6.45) is 1.73. The average Bonchev–Trinajstić information content (AvgIpc) is 0.971. The van der Waals surface area contributed by atoms with E-state index in [9.17, 15) is 33.9 Å². The summed E-state index contributed by atoms with van der Waals surface area (Å²) in [5.41, 5.74) is 0. The molecule has 526 valence electrons. The number of hydrogen-bond acceptors (Lipinski definition) is 15. The number of aliphatic hydroxyl groups excluding tert-OH is 1. The van der Waals surface area contributed by atoms with Gasteiger partial charge >= 0.3 is 0 Å². The van der Waals surface area contributed by atoms with Crippen LogP contribution < -0.4 is 21.3 Å². The Morgan fingerprint density at radius 3 is 1.45 bits per heavy atom. The van der Waals surface area contributed by atoms with Crippen LogP contribution in [0.5, 0.6) is 0 Å². The van der Waals surface area contributed by atoms with Crippen molar-refractivity contribution in [2.24, 2.45) is 35.5 Å². The quantitative estimate of drug-likeness (QED) is 0.130. The minimum atomic E-state index is -1.64. The highest BCUT2D eigenvalue weighted by Crippen LogP contribution is 2.26. The largest absolute Gasteiger partial charge is 0.390 e. The minimum Gasteiger partial charge on any atom is -0.390 e. The highest BCUT2D eigenvalue weighted by molar-refractivity contribution is 6.00. The first-order valence-corrected chi connectivity index (χ1v) is 33.0. The van der Waals surface area contributed by atoms with Gasteiger partial charge in [-0.25, -0.2) is 0 Å². The third-order valence-electron chi connectivity index (χ3n) is 18.0. The first kappa shape index (κ1) is 81.8. The Kier molecular flexibility index (Phi) is 33.4. The fourth-order valence-corrected chi connectivity index (χ4v) is 11.9. The van der Waals surface area contributed by atoms with Crippen LogP contribution >= 0.6 is 0 Å². The summed E-state index contributed by atoms with van der Waals surface area (Å²) < 4.78 is 11.6. The van der Waals surface area contributed by atoms with E-state index in [1.807, 2.05) is 46.4 Å². The Morgan fingerprint density at radius 2 is 0.967 bits per heavy atom. The van der Waals surface area contributed by atoms with Crippen molar-refractivity contribution in [1.29, 1.82) is 0 Å². The standard InChI is InChI=1S/C66H118N12O14/c1-25-27-28-42(13)55(79)54-59(83)69-46(26-2)62(86)71(17)45(16)61(85)76(22)53(50(91-24)36-78-29-31-92-32-30-78)58(82)70-51(40(9)10)65(89)72(18)47(33-37(3)4)57(81)67-43(14)56(80)68-44(15)60(84)73(19)48(34-38(5)6)63(87)74(20)49(35-39(7)8)64(88)75(21)52(41(11)12)66(90)77(54)23/h25,27,37-55,79H,26,28-36H2,1-24H3,(H,67,81)(H,68,80)(H,69,83)(H,70,82)/b27-25+/t42-,43+,44-,45-,46+,47+,48+,49+,50-,51+,52+,53+,54+,55-/m1/s1. The maximum atomic E-state index is 15.3. The molecule has 0 bridgehead atoms. The SMILES string of the molecule is C/C=C/C[C@@H](C)[C@@H](O)[C@H]1C(=O)N[C@@H](CC)C(=O)N(C)[C@H](C)C(=O)N(C)[C@@H]([C@@H](CN2CCOCC2)OC)C(=O)N[C@@H](C(C)C)C(=O)N(C)[C@@H](CC(C)C)C(=O)N[C@@H](C)C(=O)N[C@H](C)C(=O)N(C)[C@@H](CC(C)C)C(=O)N(C)[C@@H](CC(C)C)C(=O)N(C)[C@@H](C(C)C)C(=O)N1C. The van der Waals surface area contributed by atoms with Gasteiger partial charge in [0.1, 0.15) is 66.5 Å². The third kappa shape index (κ3) is 21.9. The van der Waals surface area contributed by atoms with Gasteiger partial charge in [0, 0.05) is 76.1 Å². The van der Waals surface area contributed by atoms with Gasteiger partial charge in [0.25, 0.3) is 0 Å². The van der Waals surface area contributed by atoms with Crippen LogP contribution in [0.3, 0.4) is 0 Å². The summed E-state index contributed by atoms with van der Waals surface area (Å²) in [6.45, 7) is 29.5. The van der Waals surface area contributed by atoms with Crippen LogP contribution in [-0.4, -0.2) is 277 Å². The van der Waals surface area contributed by atoms with Crippen LogP contribution in [0, 0.1) is 35.5 Å². The van der Waals surface area contributed by atoms with Crippen molar-refractivity contribution in [3.8, 4) is 0 Å². The molecule has 0 saturated carbocycles. The van der Waals surface area contributed by atoms with E-state index in [1.54, 1.807) is 60.6 Å². The topological polar surface area (TPSA) is 300 Å². The Morgan fingerprint density at radius 1 is 0.511 bits per heavy atom. The number of allylic oxidation sites excluding steroid dienone is 2. The van der Waals surface area contributed by atoms with Crippen molar-refractivity contribution in [2.45, 2.75) is 222 Å². The summed E-state index contributed by atoms with van der Waals surface area (Å²) in [5, 5.41) is 23.3. The van der Waals surface area contributed by atoms with Gasteiger partial charge in [0.2, 0.25) is 65.0 Å². The maximum Gasteiger partial charge on any atom is 0.246 e. The number of rotatable bonds is 17. The molecule has 14 atom stereocenters. The van der Waals surface area contributed by atoms with Gasteiger partial charge in [0.05, 0.1) is 25.4 Å². The summed E-state index contributed by atoms with van der Waals surface area (Å²) in [7, 11) is 11.3. The molecular formula is C66H118N12O14. The molecule has 11 amide bonds. The van der Waals surface area contributed by atoms with Gasteiger partial charge in [-0.1, -0.05) is 95.2 Å². The van der Waals surface area contributed by atoms with Crippen molar-refractivity contribution in [2.75, 3.05) is 89.3 Å². The van der Waals surface area contributed by atoms with E-state index in [0.29, 0.717) is 32.7 Å². The summed E-state index contributed by atoms with van der Waals surface area (Å²) in [5.74, 6) is -10.1. The zero-order valence-corrected chi connectivity index (χ0v) is 60.0. The lowest BCUT2D eigenvalue weighted by Gasteiger charge is -2.41. The first-order chi connectivity index (χ1) is 42.7. The van der Waals surface area contributed by atoms with Gasteiger partial charge in [-0.15, -0.1) is 0 Å². The van der Waals surface area contributed by atoms with E-state index in [1.165, 1.54) is 102 Å². The van der Waals surface area contributed by atoms with Crippen LogP contribution in [0.2, 0.25) is 0 Å². The number of carbonyl (C=O) groups excluding carboxylic acids is 11. The zero-order valence-electron chi connectivity index (χ0n) is 60.0. The molecule has 2 heterocycles. The molecule has 92 heavy (non-hydrogen) atoms. The van der Waals surface area contributed by atoms with E-state index >= 15 is 24.0 Å². The molecule has 0 aromatic rings. The third-order valence-corrected chi connectivity index (χ3v) is 18.0. The molecule has 2 aliphatic rings. The second kappa shape index (κ2) is 37.6. The summed E-state index contributed by atoms with van der Waals surface area (Å²) >= 11 is 0. The van der Waals surface area contributed by atoms with Crippen LogP contribution in [0.1, 0.15) is 143 Å². The molecule has 0 unspecified atom stereocenters. The fraction of sp³-hybridized carbons (Fsp3) is 0.803. The lowest BCUT2D eigenvalue weighted by atomic mass is 9.91. The molecule has 0 aliphatic carbocycles. The predicted molar refractivity (Wildman–Crippen MR) is 352 cm³/mol. The smallest absolute Gasteiger partial charge is 0.246 e. The Hall–Kier alpha value is -6.25. The lowest BCUT2D eigenvalue weighted by molar-refractivity contribution is -0.157. The number of hydrogen-bond donors (Lipinski definition) is 5. The monoisotopic (exact) mass is 1300 g/mol. The highest BCUT2D eigenvalue weighted by atomic mass is 16.5. The van der Waals surface area contributed by atoms with Gasteiger partial charge in [-0.05, 0) is 95.3 Å². The number of ether oxygens (including phenoxy) is 2. The lowest BCUT2D eigenvalue weighted by Crippen LogP contribution is -2.64. The number of carbonyl (C=O) groups is 11. The number of nitrogens with zero attached hydrogens (tertiary/aromatic N) is 8. The molecular weight excluding hydrogens is 1180 g/mol. The van der Waals surface area contributed by atoms with Crippen LogP contribution in [0.15, 0.2) is 12.2 Å². The van der Waals surface area contributed by atoms with Gasteiger partial charge in [-0.2, -0.15) is 0 Å². The molecule has 0 aromatic carbocycles. The Bertz CT molecular complexity index is 2520. The molecule has 2 rings (SSSR count). The molecule has 0 radical (unpaired) electrons. The normalized spacial score (nSPS) is 28.1. The number of morpholine rings is 1. The molecule has 2 fully saturated rings. The predicted octanol–water partition coefficient (Wildman–Crippen LogP) is 1.96. The average molecular weight is 1300 g/mol. The first-order valence-electron chi connectivity index (χ1n) is 33.0. The van der Waals surface area contributed by atoms with Crippen molar-refractivity contribution >= 4 is 65.0 Å². The number of methoxy groups -OCH3 is 1. The van der Waals surface area contributed by atoms with Crippen molar-refractivity contribution < 1.29 is 67.3 Å². The van der Waals surface area contributed by atoms with Crippen molar-refractivity contribution in [1.82, 2.24) is 60.5 Å². The van der Waals surface area contributed by atoms with Crippen LogP contribution in [0.25, 0.3) is 0 Å². The van der Waals surface area contributed by atoms with Gasteiger partial charge in [-0.3, -0.25) is 57.6 Å². The molecule has 0 aromatic heterocycles. The van der Waals surface area contributed by atoms with Crippen molar-refractivity contribution in [3.63, 3.8) is 0 Å². The molecule has 26 heteroatoms. The summed E-state index contributed by atoms with van der Waals surface area (Å²) in [6, 6.07) is -14.3. The van der Waals surface area contributed by atoms with Crippen LogP contribution in [-0.2, 0) is 62.2 Å². The molecule has 0 spiro atoms. The minimum absolute atomic E-state index is 0.0142. The van der Waals surface area contributed by atoms with Gasteiger partial charge in [0.15, 0.2) is 0 Å². The number of amides is 11. The Balaban J connectivity index is 3.07. The number of nitrogens with one attached hydrogen (secondary N) is 4. The molecule has 26 nitrogen and oxygen atoms in total. The highest BCUT2D eigenvalue weighted by Gasteiger charge is 2.47. The van der Waals surface area contributed by atoms with E-state index < -0.39 is 161 Å².